The Bertz CT molecular complexity index is 401. The molecule has 6 heteroatoms. The lowest BCUT2D eigenvalue weighted by Crippen LogP contribution is -2.52. The van der Waals surface area contributed by atoms with Gasteiger partial charge in [-0.15, -0.1) is 0 Å². The summed E-state index contributed by atoms with van der Waals surface area (Å²) in [5.41, 5.74) is 0. The number of nitrogens with zero attached hydrogens (tertiary/aromatic N) is 3. The zero-order valence-electron chi connectivity index (χ0n) is 16.9. The molecule has 25 heavy (non-hydrogen) atoms. The third-order valence-electron chi connectivity index (χ3n) is 5.34. The first-order chi connectivity index (χ1) is 12.0. The maximum atomic E-state index is 5.51. The summed E-state index contributed by atoms with van der Waals surface area (Å²) in [6.07, 6.45) is 3.93. The number of hydrogen-bond donors (Lipinski definition) is 2. The summed E-state index contributed by atoms with van der Waals surface area (Å²) < 4.78 is 5.51. The summed E-state index contributed by atoms with van der Waals surface area (Å²) in [6, 6.07) is 1.14. The Morgan fingerprint density at radius 3 is 2.32 bits per heavy atom. The lowest BCUT2D eigenvalue weighted by atomic mass is 10.0. The molecule has 2 N–H and O–H groups in total. The van der Waals surface area contributed by atoms with E-state index in [0.29, 0.717) is 18.0 Å². The zero-order valence-corrected chi connectivity index (χ0v) is 16.9. The SMILES string of the molecule is CN=C(NCC(C1CC1)N(C)C)NCC(CC(C)C)N1CCOCC1. The smallest absolute Gasteiger partial charge is 0.191 e. The number of morpholine rings is 1. The second kappa shape index (κ2) is 10.3. The summed E-state index contributed by atoms with van der Waals surface area (Å²) in [7, 11) is 6.22. The van der Waals surface area contributed by atoms with Crippen LogP contribution in [0.3, 0.4) is 0 Å². The van der Waals surface area contributed by atoms with E-state index in [1.54, 1.807) is 0 Å². The van der Waals surface area contributed by atoms with E-state index in [1.807, 2.05) is 7.05 Å². The van der Waals surface area contributed by atoms with E-state index in [0.717, 1.165) is 51.3 Å². The first-order valence-corrected chi connectivity index (χ1v) is 9.94. The fourth-order valence-corrected chi connectivity index (χ4v) is 3.74. The van der Waals surface area contributed by atoms with Gasteiger partial charge in [-0.1, -0.05) is 13.8 Å². The number of guanidine groups is 1. The van der Waals surface area contributed by atoms with E-state index in [9.17, 15) is 0 Å². The van der Waals surface area contributed by atoms with Gasteiger partial charge in [-0.3, -0.25) is 9.89 Å². The van der Waals surface area contributed by atoms with E-state index in [4.69, 9.17) is 4.74 Å². The van der Waals surface area contributed by atoms with Gasteiger partial charge in [-0.05, 0) is 45.2 Å². The van der Waals surface area contributed by atoms with Crippen LogP contribution in [0, 0.1) is 11.8 Å². The molecule has 2 atom stereocenters. The molecule has 2 aliphatic rings. The van der Waals surface area contributed by atoms with Crippen molar-refractivity contribution in [3.8, 4) is 0 Å². The highest BCUT2D eigenvalue weighted by molar-refractivity contribution is 5.79. The van der Waals surface area contributed by atoms with E-state index in [1.165, 1.54) is 19.3 Å². The number of hydrogen-bond acceptors (Lipinski definition) is 4. The predicted molar refractivity (Wildman–Crippen MR) is 105 cm³/mol. The largest absolute Gasteiger partial charge is 0.379 e. The molecule has 1 heterocycles. The molecule has 0 aromatic carbocycles. The van der Waals surface area contributed by atoms with Gasteiger partial charge in [0.25, 0.3) is 0 Å². The van der Waals surface area contributed by atoms with Crippen LogP contribution < -0.4 is 10.6 Å². The van der Waals surface area contributed by atoms with Crippen molar-refractivity contribution in [2.24, 2.45) is 16.8 Å². The Hall–Kier alpha value is -0.850. The average molecular weight is 354 g/mol. The molecule has 0 bridgehead atoms. The maximum Gasteiger partial charge on any atom is 0.191 e. The topological polar surface area (TPSA) is 52.1 Å². The fraction of sp³-hybridized carbons (Fsp3) is 0.947. The standard InChI is InChI=1S/C19H39N5O/c1-15(2)12-17(24-8-10-25-11-9-24)13-21-19(20-3)22-14-18(23(4)5)16-6-7-16/h15-18H,6-14H2,1-5H3,(H2,20,21,22). The van der Waals surface area contributed by atoms with Crippen LogP contribution in [0.2, 0.25) is 0 Å². The fourth-order valence-electron chi connectivity index (χ4n) is 3.74. The zero-order chi connectivity index (χ0) is 18.2. The van der Waals surface area contributed by atoms with Crippen molar-refractivity contribution in [3.05, 3.63) is 0 Å². The molecular formula is C19H39N5O. The molecule has 0 aromatic heterocycles. The molecule has 0 radical (unpaired) electrons. The lowest BCUT2D eigenvalue weighted by molar-refractivity contribution is 0.0132. The molecule has 2 rings (SSSR count). The van der Waals surface area contributed by atoms with Crippen LogP contribution in [-0.2, 0) is 4.74 Å². The van der Waals surface area contributed by atoms with Gasteiger partial charge in [0.15, 0.2) is 5.96 Å². The van der Waals surface area contributed by atoms with E-state index in [2.05, 4.69) is 53.4 Å². The Balaban J connectivity index is 1.81. The van der Waals surface area contributed by atoms with Crippen LogP contribution in [0.5, 0.6) is 0 Å². The Kier molecular flexibility index (Phi) is 8.46. The van der Waals surface area contributed by atoms with Gasteiger partial charge in [-0.2, -0.15) is 0 Å². The molecule has 1 aliphatic heterocycles. The Morgan fingerprint density at radius 1 is 1.16 bits per heavy atom. The minimum absolute atomic E-state index is 0.538. The van der Waals surface area contributed by atoms with Gasteiger partial charge < -0.3 is 20.3 Å². The third kappa shape index (κ3) is 7.12. The number of nitrogens with one attached hydrogen (secondary N) is 2. The van der Waals surface area contributed by atoms with Crippen LogP contribution in [0.25, 0.3) is 0 Å². The van der Waals surface area contributed by atoms with Crippen molar-refractivity contribution >= 4 is 5.96 Å². The predicted octanol–water partition coefficient (Wildman–Crippen LogP) is 1.24. The molecule has 0 spiro atoms. The molecule has 2 fully saturated rings. The quantitative estimate of drug-likeness (QED) is 0.482. The highest BCUT2D eigenvalue weighted by Gasteiger charge is 2.32. The molecule has 2 unspecified atom stereocenters. The number of ether oxygens (including phenoxy) is 1. The summed E-state index contributed by atoms with van der Waals surface area (Å²) in [5, 5.41) is 7.10. The first-order valence-electron chi connectivity index (χ1n) is 9.94. The normalized spacial score (nSPS) is 22.3. The number of rotatable bonds is 9. The molecule has 146 valence electrons. The van der Waals surface area contributed by atoms with Gasteiger partial charge >= 0.3 is 0 Å². The molecule has 6 nitrogen and oxygen atoms in total. The van der Waals surface area contributed by atoms with Gasteiger partial charge in [-0.25, -0.2) is 0 Å². The van der Waals surface area contributed by atoms with Crippen molar-refractivity contribution in [2.75, 3.05) is 60.5 Å². The van der Waals surface area contributed by atoms with E-state index in [-0.39, 0.29) is 0 Å². The van der Waals surface area contributed by atoms with Gasteiger partial charge in [0.2, 0.25) is 0 Å². The molecule has 0 amide bonds. The highest BCUT2D eigenvalue weighted by Crippen LogP contribution is 2.34. The summed E-state index contributed by atoms with van der Waals surface area (Å²) in [6.45, 7) is 10.3. The second-order valence-electron chi connectivity index (χ2n) is 8.13. The van der Waals surface area contributed by atoms with Crippen LogP contribution in [0.15, 0.2) is 4.99 Å². The number of aliphatic imine (C=N–C) groups is 1. The van der Waals surface area contributed by atoms with Crippen molar-refractivity contribution in [1.29, 1.82) is 0 Å². The average Bonchev–Trinajstić information content (AvgIpc) is 3.41. The first kappa shape index (κ1) is 20.5. The summed E-state index contributed by atoms with van der Waals surface area (Å²) >= 11 is 0. The molecular weight excluding hydrogens is 314 g/mol. The Morgan fingerprint density at radius 2 is 1.80 bits per heavy atom. The van der Waals surface area contributed by atoms with Crippen LogP contribution in [0.4, 0.5) is 0 Å². The molecule has 1 saturated carbocycles. The van der Waals surface area contributed by atoms with E-state index >= 15 is 0 Å². The van der Waals surface area contributed by atoms with Crippen LogP contribution >= 0.6 is 0 Å². The monoisotopic (exact) mass is 353 g/mol. The minimum Gasteiger partial charge on any atom is -0.379 e. The number of likely N-dealkylation sites (N-methyl/N-ethyl adjacent to an activating group) is 1. The highest BCUT2D eigenvalue weighted by atomic mass is 16.5. The van der Waals surface area contributed by atoms with Crippen molar-refractivity contribution in [3.63, 3.8) is 0 Å². The van der Waals surface area contributed by atoms with Crippen LogP contribution in [0.1, 0.15) is 33.1 Å². The van der Waals surface area contributed by atoms with Crippen molar-refractivity contribution in [2.45, 2.75) is 45.2 Å². The lowest BCUT2D eigenvalue weighted by Gasteiger charge is -2.36. The Labute approximate surface area is 154 Å². The van der Waals surface area contributed by atoms with E-state index < -0.39 is 0 Å². The van der Waals surface area contributed by atoms with Gasteiger partial charge in [0.05, 0.1) is 13.2 Å². The summed E-state index contributed by atoms with van der Waals surface area (Å²) in [4.78, 5) is 9.33. The van der Waals surface area contributed by atoms with Crippen LogP contribution in [-0.4, -0.2) is 88.4 Å². The van der Waals surface area contributed by atoms with Crippen molar-refractivity contribution in [1.82, 2.24) is 20.4 Å². The van der Waals surface area contributed by atoms with Gasteiger partial charge in [0.1, 0.15) is 0 Å². The van der Waals surface area contributed by atoms with Gasteiger partial charge in [0, 0.05) is 45.3 Å². The summed E-state index contributed by atoms with van der Waals surface area (Å²) in [5.74, 6) is 2.47. The van der Waals surface area contributed by atoms with Crippen molar-refractivity contribution < 1.29 is 4.74 Å². The molecule has 1 aliphatic carbocycles. The maximum absolute atomic E-state index is 5.51. The molecule has 1 saturated heterocycles. The minimum atomic E-state index is 0.538. The molecule has 0 aromatic rings. The second-order valence-corrected chi connectivity index (χ2v) is 8.13. The third-order valence-corrected chi connectivity index (χ3v) is 5.34.